The van der Waals surface area contributed by atoms with Gasteiger partial charge in [-0.3, -0.25) is 5.32 Å². The van der Waals surface area contributed by atoms with Gasteiger partial charge in [0.1, 0.15) is 6.10 Å². The van der Waals surface area contributed by atoms with E-state index in [2.05, 4.69) is 53.8 Å². The zero-order valence-electron chi connectivity index (χ0n) is 19.2. The van der Waals surface area contributed by atoms with Gasteiger partial charge < -0.3 is 4.74 Å². The van der Waals surface area contributed by atoms with Gasteiger partial charge >= 0.3 is 6.09 Å². The van der Waals surface area contributed by atoms with Crippen LogP contribution in [-0.4, -0.2) is 6.09 Å². The molecule has 1 heterocycles. The molecule has 1 unspecified atom stereocenters. The van der Waals surface area contributed by atoms with Gasteiger partial charge in [-0.25, -0.2) is 4.79 Å². The molecule has 5 rings (SSSR count). The summed E-state index contributed by atoms with van der Waals surface area (Å²) in [5.41, 5.74) is 7.53. The van der Waals surface area contributed by atoms with E-state index in [1.165, 1.54) is 35.3 Å². The SMILES string of the molecule is Cc1ccccc1C(C)OC(=O)Nc1cc(Cl)sc1-c1ccc(-c2ccc(C3CC3)cc2)cc1. The molecule has 0 bridgehead atoms. The molecule has 1 aromatic heterocycles. The molecule has 5 heteroatoms. The topological polar surface area (TPSA) is 38.3 Å². The average Bonchev–Trinajstić information content (AvgIpc) is 3.62. The van der Waals surface area contributed by atoms with Gasteiger partial charge in [0.25, 0.3) is 0 Å². The lowest BCUT2D eigenvalue weighted by Crippen LogP contribution is -2.16. The van der Waals surface area contributed by atoms with E-state index in [9.17, 15) is 4.79 Å². The summed E-state index contributed by atoms with van der Waals surface area (Å²) in [6, 6.07) is 26.9. The number of hydrogen-bond donors (Lipinski definition) is 1. The molecule has 0 saturated heterocycles. The molecule has 0 aliphatic heterocycles. The van der Waals surface area contributed by atoms with Crippen LogP contribution in [0.1, 0.15) is 48.5 Å². The van der Waals surface area contributed by atoms with Crippen molar-refractivity contribution in [2.75, 3.05) is 5.32 Å². The van der Waals surface area contributed by atoms with Crippen LogP contribution in [0.4, 0.5) is 10.5 Å². The van der Waals surface area contributed by atoms with E-state index >= 15 is 0 Å². The van der Waals surface area contributed by atoms with Gasteiger partial charge in [0, 0.05) is 0 Å². The lowest BCUT2D eigenvalue weighted by atomic mass is 10.0. The van der Waals surface area contributed by atoms with E-state index in [0.29, 0.717) is 10.0 Å². The fourth-order valence-electron chi connectivity index (χ4n) is 4.25. The Morgan fingerprint density at radius 3 is 2.24 bits per heavy atom. The van der Waals surface area contributed by atoms with E-state index in [1.807, 2.05) is 38.1 Å². The highest BCUT2D eigenvalue weighted by Crippen LogP contribution is 2.42. The van der Waals surface area contributed by atoms with Crippen LogP contribution >= 0.6 is 22.9 Å². The van der Waals surface area contributed by atoms with Crippen molar-refractivity contribution < 1.29 is 9.53 Å². The van der Waals surface area contributed by atoms with Gasteiger partial charge in [-0.05, 0) is 72.1 Å². The first kappa shape index (κ1) is 22.7. The Morgan fingerprint density at radius 2 is 1.59 bits per heavy atom. The third kappa shape index (κ3) is 5.03. The van der Waals surface area contributed by atoms with Crippen molar-refractivity contribution in [3.05, 3.63) is 99.9 Å². The number of anilines is 1. The monoisotopic (exact) mass is 487 g/mol. The van der Waals surface area contributed by atoms with E-state index in [4.69, 9.17) is 16.3 Å². The highest BCUT2D eigenvalue weighted by Gasteiger charge is 2.23. The molecule has 3 nitrogen and oxygen atoms in total. The number of carbonyl (C=O) groups is 1. The van der Waals surface area contributed by atoms with Crippen molar-refractivity contribution in [1.82, 2.24) is 0 Å². The average molecular weight is 488 g/mol. The van der Waals surface area contributed by atoms with Gasteiger partial charge in [0.15, 0.2) is 0 Å². The van der Waals surface area contributed by atoms with Crippen molar-refractivity contribution in [1.29, 1.82) is 0 Å². The molecular weight excluding hydrogens is 462 g/mol. The fraction of sp³-hybridized carbons (Fsp3) is 0.207. The molecule has 1 N–H and O–H groups in total. The number of aryl methyl sites for hydroxylation is 1. The van der Waals surface area contributed by atoms with Crippen LogP contribution in [0.2, 0.25) is 4.34 Å². The minimum Gasteiger partial charge on any atom is -0.441 e. The van der Waals surface area contributed by atoms with Crippen molar-refractivity contribution in [2.24, 2.45) is 0 Å². The van der Waals surface area contributed by atoms with Gasteiger partial charge in [-0.1, -0.05) is 84.4 Å². The Labute approximate surface area is 209 Å². The van der Waals surface area contributed by atoms with Gasteiger partial charge in [0.2, 0.25) is 0 Å². The summed E-state index contributed by atoms with van der Waals surface area (Å²) in [5.74, 6) is 0.761. The Morgan fingerprint density at radius 1 is 0.971 bits per heavy atom. The molecule has 0 spiro atoms. The summed E-state index contributed by atoms with van der Waals surface area (Å²) in [5, 5.41) is 2.88. The van der Waals surface area contributed by atoms with Gasteiger partial charge in [0.05, 0.1) is 14.9 Å². The molecule has 34 heavy (non-hydrogen) atoms. The molecule has 172 valence electrons. The molecule has 1 aliphatic rings. The highest BCUT2D eigenvalue weighted by atomic mass is 35.5. The number of thiophene rings is 1. The van der Waals surface area contributed by atoms with Crippen molar-refractivity contribution in [3.8, 4) is 21.6 Å². The molecular formula is C29H26ClNO2S. The number of halogens is 1. The van der Waals surface area contributed by atoms with Gasteiger partial charge in [-0.15, -0.1) is 11.3 Å². The van der Waals surface area contributed by atoms with E-state index in [-0.39, 0.29) is 6.10 Å². The molecule has 1 saturated carbocycles. The smallest absolute Gasteiger partial charge is 0.412 e. The van der Waals surface area contributed by atoms with Crippen molar-refractivity contribution >= 4 is 34.7 Å². The van der Waals surface area contributed by atoms with Crippen molar-refractivity contribution in [2.45, 2.75) is 38.7 Å². The first-order chi connectivity index (χ1) is 16.5. The van der Waals surface area contributed by atoms with Crippen LogP contribution in [0.5, 0.6) is 0 Å². The van der Waals surface area contributed by atoms with E-state index in [0.717, 1.165) is 33.0 Å². The molecule has 3 aromatic carbocycles. The zero-order chi connectivity index (χ0) is 23.7. The maximum absolute atomic E-state index is 12.6. The number of amides is 1. The van der Waals surface area contributed by atoms with E-state index < -0.39 is 6.09 Å². The van der Waals surface area contributed by atoms with Crippen molar-refractivity contribution in [3.63, 3.8) is 0 Å². The van der Waals surface area contributed by atoms with Crippen LogP contribution in [0.25, 0.3) is 21.6 Å². The van der Waals surface area contributed by atoms with Crippen LogP contribution in [0, 0.1) is 6.92 Å². The number of benzene rings is 3. The van der Waals surface area contributed by atoms with Crippen LogP contribution in [0.15, 0.2) is 78.9 Å². The second-order valence-corrected chi connectivity index (χ2v) is 10.5. The minimum atomic E-state index is -0.501. The normalized spacial score (nSPS) is 14.0. The minimum absolute atomic E-state index is 0.357. The van der Waals surface area contributed by atoms with E-state index in [1.54, 1.807) is 6.07 Å². The quantitative estimate of drug-likeness (QED) is 0.294. The second-order valence-electron chi connectivity index (χ2n) is 8.80. The molecule has 0 radical (unpaired) electrons. The van der Waals surface area contributed by atoms with Crippen LogP contribution in [-0.2, 0) is 4.74 Å². The third-order valence-corrected chi connectivity index (χ3v) is 7.60. The number of nitrogens with one attached hydrogen (secondary N) is 1. The number of carbonyl (C=O) groups excluding carboxylic acids is 1. The Kier molecular flexibility index (Phi) is 6.44. The summed E-state index contributed by atoms with van der Waals surface area (Å²) in [6.07, 6.45) is 1.77. The summed E-state index contributed by atoms with van der Waals surface area (Å²) < 4.78 is 6.25. The predicted octanol–water partition coefficient (Wildman–Crippen LogP) is 9.23. The van der Waals surface area contributed by atoms with Crippen LogP contribution < -0.4 is 5.32 Å². The third-order valence-electron chi connectivity index (χ3n) is 6.29. The molecule has 1 amide bonds. The molecule has 1 atom stereocenters. The Balaban J connectivity index is 1.30. The molecule has 1 fully saturated rings. The Hall–Kier alpha value is -3.08. The lowest BCUT2D eigenvalue weighted by Gasteiger charge is -2.16. The second kappa shape index (κ2) is 9.65. The number of rotatable bonds is 6. The maximum Gasteiger partial charge on any atom is 0.412 e. The van der Waals surface area contributed by atoms with Gasteiger partial charge in [-0.2, -0.15) is 0 Å². The summed E-state index contributed by atoms with van der Waals surface area (Å²) in [6.45, 7) is 3.88. The first-order valence-electron chi connectivity index (χ1n) is 11.5. The largest absolute Gasteiger partial charge is 0.441 e. The lowest BCUT2D eigenvalue weighted by molar-refractivity contribution is 0.121. The number of ether oxygens (including phenoxy) is 1. The summed E-state index contributed by atoms with van der Waals surface area (Å²) >= 11 is 7.76. The summed E-state index contributed by atoms with van der Waals surface area (Å²) in [7, 11) is 0. The first-order valence-corrected chi connectivity index (χ1v) is 12.7. The molecule has 1 aliphatic carbocycles. The number of hydrogen-bond acceptors (Lipinski definition) is 3. The van der Waals surface area contributed by atoms with Crippen LogP contribution in [0.3, 0.4) is 0 Å². The fourth-order valence-corrected chi connectivity index (χ4v) is 5.44. The molecule has 4 aromatic rings. The Bertz CT molecular complexity index is 1310. The predicted molar refractivity (Wildman–Crippen MR) is 142 cm³/mol. The zero-order valence-corrected chi connectivity index (χ0v) is 20.7. The standard InChI is InChI=1S/C29H26ClNO2S/c1-18-5-3-4-6-25(18)19(2)33-29(32)31-26-17-27(30)34-28(26)24-15-13-23(14-16-24)22-11-9-21(10-12-22)20-7-8-20/h3-6,9-17,19-20H,7-8H2,1-2H3,(H,31,32). The summed E-state index contributed by atoms with van der Waals surface area (Å²) in [4.78, 5) is 13.6. The maximum atomic E-state index is 12.6. The highest BCUT2D eigenvalue weighted by molar-refractivity contribution is 7.20.